The lowest BCUT2D eigenvalue weighted by atomic mass is 10.0. The first-order valence-electron chi connectivity index (χ1n) is 7.63. The molecule has 3 aromatic rings. The first-order valence-corrected chi connectivity index (χ1v) is 8.42. The molecule has 1 aromatic carbocycles. The number of hydrogen-bond donors (Lipinski definition) is 2. The Balaban J connectivity index is 1.80. The summed E-state index contributed by atoms with van der Waals surface area (Å²) in [4.78, 5) is 9.94. The van der Waals surface area contributed by atoms with E-state index in [1.165, 1.54) is 0 Å². The van der Waals surface area contributed by atoms with Crippen molar-refractivity contribution in [2.45, 2.75) is 12.1 Å². The van der Waals surface area contributed by atoms with Crippen LogP contribution in [-0.4, -0.2) is 15.1 Å². The molecule has 0 bridgehead atoms. The number of aromatic amines is 1. The molecule has 1 aliphatic heterocycles. The average molecular weight is 355 g/mol. The lowest BCUT2D eigenvalue weighted by Crippen LogP contribution is -2.29. The predicted molar refractivity (Wildman–Crippen MR) is 100 cm³/mol. The van der Waals surface area contributed by atoms with Crippen LogP contribution in [0.15, 0.2) is 67.0 Å². The number of hydrogen-bond acceptors (Lipinski definition) is 2. The summed E-state index contributed by atoms with van der Waals surface area (Å²) < 4.78 is 0. The zero-order chi connectivity index (χ0) is 16.5. The third kappa shape index (κ3) is 2.66. The van der Waals surface area contributed by atoms with Gasteiger partial charge >= 0.3 is 0 Å². The third-order valence-electron chi connectivity index (χ3n) is 4.14. The van der Waals surface area contributed by atoms with Crippen molar-refractivity contribution in [1.82, 2.24) is 15.3 Å². The van der Waals surface area contributed by atoms with Crippen LogP contribution < -0.4 is 10.2 Å². The van der Waals surface area contributed by atoms with E-state index in [4.69, 9.17) is 23.8 Å². The number of H-pyrrole nitrogens is 1. The second-order valence-electron chi connectivity index (χ2n) is 5.60. The van der Waals surface area contributed by atoms with Gasteiger partial charge in [-0.1, -0.05) is 17.7 Å². The van der Waals surface area contributed by atoms with Gasteiger partial charge in [-0.25, -0.2) is 0 Å². The van der Waals surface area contributed by atoms with Gasteiger partial charge in [0, 0.05) is 28.8 Å². The topological polar surface area (TPSA) is 44.0 Å². The van der Waals surface area contributed by atoms with Crippen molar-refractivity contribution in [3.63, 3.8) is 0 Å². The van der Waals surface area contributed by atoms with E-state index in [0.717, 1.165) is 17.1 Å². The van der Waals surface area contributed by atoms with Crippen LogP contribution in [0.25, 0.3) is 0 Å². The summed E-state index contributed by atoms with van der Waals surface area (Å²) in [5.74, 6) is 0. The van der Waals surface area contributed by atoms with Gasteiger partial charge in [0.05, 0.1) is 11.7 Å². The third-order valence-corrected chi connectivity index (χ3v) is 4.71. The normalized spacial score (nSPS) is 20.2. The van der Waals surface area contributed by atoms with Gasteiger partial charge in [0.15, 0.2) is 5.11 Å². The molecule has 1 aliphatic rings. The Bertz CT molecular complexity index is 833. The van der Waals surface area contributed by atoms with Crippen LogP contribution in [0, 0.1) is 0 Å². The lowest BCUT2D eigenvalue weighted by Gasteiger charge is -2.27. The Hall–Kier alpha value is -2.37. The molecule has 0 aliphatic carbocycles. The molecule has 4 rings (SSSR count). The molecule has 0 unspecified atom stereocenters. The SMILES string of the molecule is S=C1N[C@@H](c2ccccn2)[C@@H](c2ccc[nH]2)N1c1ccc(Cl)cc1. The van der Waals surface area contributed by atoms with E-state index in [9.17, 15) is 0 Å². The van der Waals surface area contributed by atoms with Crippen molar-refractivity contribution in [3.05, 3.63) is 83.4 Å². The van der Waals surface area contributed by atoms with Crippen LogP contribution in [0.3, 0.4) is 0 Å². The second-order valence-corrected chi connectivity index (χ2v) is 6.42. The maximum Gasteiger partial charge on any atom is 0.174 e. The smallest absolute Gasteiger partial charge is 0.174 e. The number of anilines is 1. The van der Waals surface area contributed by atoms with Gasteiger partial charge < -0.3 is 15.2 Å². The van der Waals surface area contributed by atoms with E-state index in [0.29, 0.717) is 10.1 Å². The molecular formula is C18H15ClN4S. The highest BCUT2D eigenvalue weighted by molar-refractivity contribution is 7.80. The fraction of sp³-hybridized carbons (Fsp3) is 0.111. The number of nitrogens with zero attached hydrogens (tertiary/aromatic N) is 2. The molecule has 4 nitrogen and oxygen atoms in total. The van der Waals surface area contributed by atoms with Crippen molar-refractivity contribution < 1.29 is 0 Å². The largest absolute Gasteiger partial charge is 0.363 e. The minimum absolute atomic E-state index is 0.0106. The maximum atomic E-state index is 6.03. The molecular weight excluding hydrogens is 340 g/mol. The quantitative estimate of drug-likeness (QED) is 0.690. The first kappa shape index (κ1) is 15.2. The van der Waals surface area contributed by atoms with E-state index in [2.05, 4.69) is 26.3 Å². The Morgan fingerprint density at radius 2 is 1.88 bits per heavy atom. The van der Waals surface area contributed by atoms with Crippen LogP contribution in [0.4, 0.5) is 5.69 Å². The molecule has 1 fully saturated rings. The van der Waals surface area contributed by atoms with Crippen molar-refractivity contribution in [1.29, 1.82) is 0 Å². The summed E-state index contributed by atoms with van der Waals surface area (Å²) in [5.41, 5.74) is 3.03. The molecule has 0 saturated carbocycles. The Labute approximate surface area is 150 Å². The highest BCUT2D eigenvalue weighted by Crippen LogP contribution is 2.40. The van der Waals surface area contributed by atoms with Crippen LogP contribution in [0.5, 0.6) is 0 Å². The van der Waals surface area contributed by atoms with Crippen molar-refractivity contribution >= 4 is 34.6 Å². The van der Waals surface area contributed by atoms with Gasteiger partial charge in [-0.2, -0.15) is 0 Å². The monoisotopic (exact) mass is 354 g/mol. The summed E-state index contributed by atoms with van der Waals surface area (Å²) in [6, 6.07) is 17.6. The zero-order valence-corrected chi connectivity index (χ0v) is 14.3. The predicted octanol–water partition coefficient (Wildman–Crippen LogP) is 4.24. The fourth-order valence-electron chi connectivity index (χ4n) is 3.08. The van der Waals surface area contributed by atoms with Crippen LogP contribution >= 0.6 is 23.8 Å². The molecule has 6 heteroatoms. The fourth-order valence-corrected chi connectivity index (χ4v) is 3.55. The second kappa shape index (κ2) is 6.26. The molecule has 0 amide bonds. The average Bonchev–Trinajstić information content (AvgIpc) is 3.24. The van der Waals surface area contributed by atoms with Crippen LogP contribution in [0.1, 0.15) is 23.5 Å². The standard InChI is InChI=1S/C18H15ClN4S/c19-12-6-8-13(9-7-12)23-17(15-5-3-11-21-15)16(22-18(23)24)14-4-1-2-10-20-14/h1-11,16-17,21H,(H,22,24)/t16-,17+/m0/s1. The van der Waals surface area contributed by atoms with Gasteiger partial charge in [0.2, 0.25) is 0 Å². The molecule has 2 aromatic heterocycles. The minimum atomic E-state index is -0.0342. The van der Waals surface area contributed by atoms with E-state index in [1.54, 1.807) is 6.20 Å². The molecule has 3 heterocycles. The molecule has 0 spiro atoms. The minimum Gasteiger partial charge on any atom is -0.363 e. The Morgan fingerprint density at radius 1 is 1.04 bits per heavy atom. The number of thiocarbonyl (C=S) groups is 1. The molecule has 1 saturated heterocycles. The number of rotatable bonds is 3. The number of aromatic nitrogens is 2. The number of benzene rings is 1. The molecule has 0 radical (unpaired) electrons. The Kier molecular flexibility index (Phi) is 3.96. The van der Waals surface area contributed by atoms with E-state index < -0.39 is 0 Å². The molecule has 2 N–H and O–H groups in total. The van der Waals surface area contributed by atoms with E-state index in [1.807, 2.05) is 54.7 Å². The highest BCUT2D eigenvalue weighted by Gasteiger charge is 2.41. The number of halogens is 1. The summed E-state index contributed by atoms with van der Waals surface area (Å²) in [6.45, 7) is 0. The summed E-state index contributed by atoms with van der Waals surface area (Å²) in [7, 11) is 0. The lowest BCUT2D eigenvalue weighted by molar-refractivity contribution is 0.558. The highest BCUT2D eigenvalue weighted by atomic mass is 35.5. The molecule has 2 atom stereocenters. The van der Waals surface area contributed by atoms with E-state index in [-0.39, 0.29) is 12.1 Å². The van der Waals surface area contributed by atoms with Gasteiger partial charge in [-0.15, -0.1) is 0 Å². The first-order chi connectivity index (χ1) is 11.7. The van der Waals surface area contributed by atoms with Crippen LogP contribution in [-0.2, 0) is 0 Å². The maximum absolute atomic E-state index is 6.03. The molecule has 24 heavy (non-hydrogen) atoms. The van der Waals surface area contributed by atoms with Gasteiger partial charge in [0.1, 0.15) is 6.04 Å². The van der Waals surface area contributed by atoms with Crippen molar-refractivity contribution in [2.75, 3.05) is 4.90 Å². The summed E-state index contributed by atoms with van der Waals surface area (Å²) in [5, 5.41) is 4.79. The van der Waals surface area contributed by atoms with Crippen molar-refractivity contribution in [2.24, 2.45) is 0 Å². The van der Waals surface area contributed by atoms with E-state index >= 15 is 0 Å². The number of pyridine rings is 1. The Morgan fingerprint density at radius 3 is 2.54 bits per heavy atom. The zero-order valence-electron chi connectivity index (χ0n) is 12.7. The number of nitrogens with one attached hydrogen (secondary N) is 2. The molecule has 120 valence electrons. The van der Waals surface area contributed by atoms with Gasteiger partial charge in [-0.3, -0.25) is 4.98 Å². The van der Waals surface area contributed by atoms with Gasteiger partial charge in [-0.05, 0) is 60.7 Å². The van der Waals surface area contributed by atoms with Crippen LogP contribution in [0.2, 0.25) is 5.02 Å². The summed E-state index contributed by atoms with van der Waals surface area (Å²) >= 11 is 11.7. The summed E-state index contributed by atoms with van der Waals surface area (Å²) in [6.07, 6.45) is 3.73. The van der Waals surface area contributed by atoms with Crippen molar-refractivity contribution in [3.8, 4) is 0 Å². The van der Waals surface area contributed by atoms with Gasteiger partial charge in [0.25, 0.3) is 0 Å².